The second kappa shape index (κ2) is 8.83. The highest BCUT2D eigenvalue weighted by Gasteiger charge is 2.32. The Labute approximate surface area is 140 Å². The molecule has 0 radical (unpaired) electrons. The minimum atomic E-state index is -0.755. The molecule has 24 heavy (non-hydrogen) atoms. The molecular weight excluding hydrogens is 310 g/mol. The van der Waals surface area contributed by atoms with Crippen LogP contribution in [0.3, 0.4) is 0 Å². The maximum Gasteiger partial charge on any atom is 0.325 e. The lowest BCUT2D eigenvalue weighted by Gasteiger charge is -2.18. The van der Waals surface area contributed by atoms with E-state index in [1.807, 2.05) is 30.3 Å². The number of rotatable bonds is 9. The lowest BCUT2D eigenvalue weighted by molar-refractivity contribution is -0.143. The van der Waals surface area contributed by atoms with E-state index in [1.54, 1.807) is 0 Å². The van der Waals surface area contributed by atoms with Crippen molar-refractivity contribution in [3.05, 3.63) is 48.6 Å². The highest BCUT2D eigenvalue weighted by molar-refractivity contribution is 5.92. The summed E-state index contributed by atoms with van der Waals surface area (Å²) >= 11 is 0. The van der Waals surface area contributed by atoms with Crippen LogP contribution in [0, 0.1) is 0 Å². The van der Waals surface area contributed by atoms with Gasteiger partial charge in [-0.25, -0.2) is 0 Å². The van der Waals surface area contributed by atoms with E-state index >= 15 is 0 Å². The van der Waals surface area contributed by atoms with Crippen LogP contribution in [0.25, 0.3) is 0 Å². The summed E-state index contributed by atoms with van der Waals surface area (Å²) in [6.45, 7) is 3.89. The third-order valence-corrected chi connectivity index (χ3v) is 3.41. The van der Waals surface area contributed by atoms with Gasteiger partial charge in [0.05, 0.1) is 6.04 Å². The second-order valence-electron chi connectivity index (χ2n) is 5.40. The first-order valence-electron chi connectivity index (χ1n) is 7.72. The Hall–Kier alpha value is -2.67. The van der Waals surface area contributed by atoms with Gasteiger partial charge in [0.1, 0.15) is 19.2 Å². The van der Waals surface area contributed by atoms with Gasteiger partial charge in [-0.1, -0.05) is 43.0 Å². The Kier molecular flexibility index (Phi) is 6.51. The van der Waals surface area contributed by atoms with Crippen LogP contribution in [-0.2, 0) is 25.5 Å². The molecule has 1 fully saturated rings. The van der Waals surface area contributed by atoms with E-state index in [-0.39, 0.29) is 25.1 Å². The SMILES string of the molecule is C=CCOC(=O)CNC(=O)C(Cc1ccccc1)NC(=O)C1CN1. The molecule has 1 aliphatic rings. The van der Waals surface area contributed by atoms with Gasteiger partial charge in [0.2, 0.25) is 11.8 Å². The minimum Gasteiger partial charge on any atom is -0.460 e. The molecule has 1 aliphatic heterocycles. The zero-order chi connectivity index (χ0) is 17.4. The van der Waals surface area contributed by atoms with E-state index in [9.17, 15) is 14.4 Å². The van der Waals surface area contributed by atoms with Gasteiger partial charge in [-0.2, -0.15) is 0 Å². The van der Waals surface area contributed by atoms with Gasteiger partial charge in [0.25, 0.3) is 0 Å². The fourth-order valence-electron chi connectivity index (χ4n) is 2.06. The molecule has 1 heterocycles. The highest BCUT2D eigenvalue weighted by Crippen LogP contribution is 2.05. The van der Waals surface area contributed by atoms with Crippen molar-refractivity contribution in [2.24, 2.45) is 0 Å². The first-order chi connectivity index (χ1) is 11.6. The third kappa shape index (κ3) is 5.85. The number of carbonyl (C=O) groups excluding carboxylic acids is 3. The van der Waals surface area contributed by atoms with Crippen LogP contribution < -0.4 is 16.0 Å². The second-order valence-corrected chi connectivity index (χ2v) is 5.40. The molecule has 2 unspecified atom stereocenters. The summed E-state index contributed by atoms with van der Waals surface area (Å²) < 4.78 is 4.80. The van der Waals surface area contributed by atoms with Gasteiger partial charge in [-0.05, 0) is 5.56 Å². The van der Waals surface area contributed by atoms with E-state index in [1.165, 1.54) is 6.08 Å². The monoisotopic (exact) mass is 331 g/mol. The first-order valence-corrected chi connectivity index (χ1v) is 7.72. The van der Waals surface area contributed by atoms with E-state index in [2.05, 4.69) is 22.5 Å². The maximum absolute atomic E-state index is 12.3. The van der Waals surface area contributed by atoms with E-state index in [0.29, 0.717) is 13.0 Å². The molecule has 7 heteroatoms. The number of ether oxygens (including phenoxy) is 1. The fraction of sp³-hybridized carbons (Fsp3) is 0.353. The standard InChI is InChI=1S/C17H21N3O4/c1-2-8-24-15(21)11-19-16(22)13(20-17(23)14-10-18-14)9-12-6-4-3-5-7-12/h2-7,13-14,18H,1,8-11H2,(H,19,22)(H,20,23). The van der Waals surface area contributed by atoms with Crippen molar-refractivity contribution < 1.29 is 19.1 Å². The van der Waals surface area contributed by atoms with Crippen molar-refractivity contribution in [1.29, 1.82) is 0 Å². The Morgan fingerprint density at radius 3 is 2.67 bits per heavy atom. The van der Waals surface area contributed by atoms with Crippen molar-refractivity contribution in [1.82, 2.24) is 16.0 Å². The molecule has 0 bridgehead atoms. The zero-order valence-corrected chi connectivity index (χ0v) is 13.3. The molecule has 0 aliphatic carbocycles. The number of nitrogens with one attached hydrogen (secondary N) is 3. The van der Waals surface area contributed by atoms with Crippen LogP contribution in [0.1, 0.15) is 5.56 Å². The van der Waals surface area contributed by atoms with E-state index in [0.717, 1.165) is 5.56 Å². The topological polar surface area (TPSA) is 106 Å². The lowest BCUT2D eigenvalue weighted by Crippen LogP contribution is -2.50. The van der Waals surface area contributed by atoms with Crippen molar-refractivity contribution >= 4 is 17.8 Å². The number of benzene rings is 1. The molecule has 1 saturated heterocycles. The summed E-state index contributed by atoms with van der Waals surface area (Å²) in [5.74, 6) is -1.21. The Morgan fingerprint density at radius 1 is 1.33 bits per heavy atom. The van der Waals surface area contributed by atoms with Gasteiger partial charge in [-0.15, -0.1) is 0 Å². The lowest BCUT2D eigenvalue weighted by atomic mass is 10.0. The largest absolute Gasteiger partial charge is 0.460 e. The molecule has 0 saturated carbocycles. The van der Waals surface area contributed by atoms with Crippen molar-refractivity contribution in [3.8, 4) is 0 Å². The number of hydrogen-bond donors (Lipinski definition) is 3. The average molecular weight is 331 g/mol. The molecule has 3 N–H and O–H groups in total. The summed E-state index contributed by atoms with van der Waals surface area (Å²) in [4.78, 5) is 35.7. The van der Waals surface area contributed by atoms with Crippen molar-refractivity contribution in [2.45, 2.75) is 18.5 Å². The van der Waals surface area contributed by atoms with E-state index in [4.69, 9.17) is 4.74 Å². The Morgan fingerprint density at radius 2 is 2.04 bits per heavy atom. The van der Waals surface area contributed by atoms with Gasteiger partial charge >= 0.3 is 5.97 Å². The number of esters is 1. The van der Waals surface area contributed by atoms with Crippen molar-refractivity contribution in [3.63, 3.8) is 0 Å². The van der Waals surface area contributed by atoms with Crippen LogP contribution in [0.2, 0.25) is 0 Å². The van der Waals surface area contributed by atoms with Crippen LogP contribution in [0.4, 0.5) is 0 Å². The van der Waals surface area contributed by atoms with Crippen LogP contribution in [0.15, 0.2) is 43.0 Å². The highest BCUT2D eigenvalue weighted by atomic mass is 16.5. The van der Waals surface area contributed by atoms with Gasteiger partial charge < -0.3 is 20.7 Å². The first kappa shape index (κ1) is 17.7. The maximum atomic E-state index is 12.3. The Balaban J connectivity index is 1.92. The quantitative estimate of drug-likeness (QED) is 0.322. The fourth-order valence-corrected chi connectivity index (χ4v) is 2.06. The summed E-state index contributed by atoms with van der Waals surface area (Å²) in [5, 5.41) is 8.09. The predicted octanol–water partition coefficient (Wildman–Crippen LogP) is -0.469. The number of carbonyl (C=O) groups is 3. The van der Waals surface area contributed by atoms with Gasteiger partial charge in [0.15, 0.2) is 0 Å². The molecule has 1 aromatic rings. The Bertz CT molecular complexity index is 599. The molecule has 128 valence electrons. The molecule has 2 amide bonds. The molecule has 2 rings (SSSR count). The molecule has 1 aromatic carbocycles. The summed E-state index contributed by atoms with van der Waals surface area (Å²) in [7, 11) is 0. The predicted molar refractivity (Wildman–Crippen MR) is 88.0 cm³/mol. The summed E-state index contributed by atoms with van der Waals surface area (Å²) in [6, 6.07) is 8.35. The normalized spacial score (nSPS) is 16.6. The average Bonchev–Trinajstić information content (AvgIpc) is 3.43. The summed E-state index contributed by atoms with van der Waals surface area (Å²) in [6.07, 6.45) is 1.79. The van der Waals surface area contributed by atoms with Crippen molar-refractivity contribution in [2.75, 3.05) is 19.7 Å². The van der Waals surface area contributed by atoms with Gasteiger partial charge in [0, 0.05) is 13.0 Å². The smallest absolute Gasteiger partial charge is 0.325 e. The molecule has 7 nitrogen and oxygen atoms in total. The molecular formula is C17H21N3O4. The third-order valence-electron chi connectivity index (χ3n) is 3.41. The molecule has 2 atom stereocenters. The van der Waals surface area contributed by atoms with Crippen LogP contribution >= 0.6 is 0 Å². The zero-order valence-electron chi connectivity index (χ0n) is 13.3. The molecule has 0 aromatic heterocycles. The van der Waals surface area contributed by atoms with Crippen LogP contribution in [0.5, 0.6) is 0 Å². The minimum absolute atomic E-state index is 0.0895. The number of hydrogen-bond acceptors (Lipinski definition) is 5. The molecule has 0 spiro atoms. The number of amides is 2. The van der Waals surface area contributed by atoms with Gasteiger partial charge in [-0.3, -0.25) is 14.4 Å². The summed E-state index contributed by atoms with van der Waals surface area (Å²) in [5.41, 5.74) is 0.913. The van der Waals surface area contributed by atoms with E-state index < -0.39 is 17.9 Å². The van der Waals surface area contributed by atoms with Crippen LogP contribution in [-0.4, -0.2) is 49.6 Å².